The minimum atomic E-state index is 0.104. The van der Waals surface area contributed by atoms with Crippen LogP contribution in [0, 0.1) is 0 Å². The van der Waals surface area contributed by atoms with Crippen LogP contribution in [-0.2, 0) is 5.41 Å². The second-order valence-electron chi connectivity index (χ2n) is 7.50. The van der Waals surface area contributed by atoms with E-state index in [1.807, 2.05) is 6.07 Å². The van der Waals surface area contributed by atoms with Crippen LogP contribution in [0.1, 0.15) is 26.3 Å². The molecule has 25 heavy (non-hydrogen) atoms. The summed E-state index contributed by atoms with van der Waals surface area (Å²) >= 11 is 0. The summed E-state index contributed by atoms with van der Waals surface area (Å²) in [7, 11) is 0. The molecule has 0 saturated heterocycles. The molecule has 0 aliphatic heterocycles. The normalized spacial score (nSPS) is 11.8. The monoisotopic (exact) mass is 326 g/mol. The highest BCUT2D eigenvalue weighted by Crippen LogP contribution is 2.42. The average molecular weight is 326 g/mol. The molecule has 0 unspecified atom stereocenters. The van der Waals surface area contributed by atoms with Crippen LogP contribution in [-0.4, -0.2) is 0 Å². The molecule has 4 rings (SSSR count). The largest absolute Gasteiger partial charge is 0.455 e. The highest BCUT2D eigenvalue weighted by Gasteiger charge is 2.20. The maximum absolute atomic E-state index is 6.31. The first kappa shape index (κ1) is 15.7. The van der Waals surface area contributed by atoms with Crippen molar-refractivity contribution in [1.82, 2.24) is 0 Å². The van der Waals surface area contributed by atoms with Crippen molar-refractivity contribution in [3.05, 3.63) is 84.4 Å². The van der Waals surface area contributed by atoms with Gasteiger partial charge in [-0.25, -0.2) is 0 Å². The number of benzene rings is 3. The van der Waals surface area contributed by atoms with Crippen LogP contribution in [0.2, 0.25) is 0 Å². The predicted molar refractivity (Wildman–Crippen MR) is 106 cm³/mol. The van der Waals surface area contributed by atoms with E-state index in [1.54, 1.807) is 0 Å². The van der Waals surface area contributed by atoms with Gasteiger partial charge in [-0.2, -0.15) is 0 Å². The molecule has 0 amide bonds. The highest BCUT2D eigenvalue weighted by molar-refractivity contribution is 6.02. The smallest absolute Gasteiger partial charge is 0.143 e. The summed E-state index contributed by atoms with van der Waals surface area (Å²) in [5.74, 6) is 0.938. The van der Waals surface area contributed by atoms with Crippen molar-refractivity contribution >= 4 is 11.0 Å². The second-order valence-corrected chi connectivity index (χ2v) is 7.50. The van der Waals surface area contributed by atoms with Crippen molar-refractivity contribution < 1.29 is 4.42 Å². The quantitative estimate of drug-likeness (QED) is 0.384. The molecule has 0 bridgehead atoms. The van der Waals surface area contributed by atoms with Gasteiger partial charge in [0.05, 0.1) is 0 Å². The van der Waals surface area contributed by atoms with Crippen LogP contribution in [0.25, 0.3) is 33.4 Å². The van der Waals surface area contributed by atoms with Gasteiger partial charge in [-0.3, -0.25) is 0 Å². The Morgan fingerprint density at radius 1 is 0.680 bits per heavy atom. The summed E-state index contributed by atoms with van der Waals surface area (Å²) in [6.07, 6.45) is 0. The Hall–Kier alpha value is -2.80. The van der Waals surface area contributed by atoms with Gasteiger partial charge < -0.3 is 4.42 Å². The fourth-order valence-corrected chi connectivity index (χ4v) is 3.25. The first-order chi connectivity index (χ1) is 12.0. The van der Waals surface area contributed by atoms with Crippen molar-refractivity contribution in [2.45, 2.75) is 26.2 Å². The lowest BCUT2D eigenvalue weighted by atomic mass is 9.85. The lowest BCUT2D eigenvalue weighted by Crippen LogP contribution is -2.10. The van der Waals surface area contributed by atoms with E-state index in [0.29, 0.717) is 0 Å². The maximum atomic E-state index is 6.31. The van der Waals surface area contributed by atoms with Gasteiger partial charge in [-0.15, -0.1) is 0 Å². The Balaban J connectivity index is 2.05. The molecule has 4 aromatic rings. The topological polar surface area (TPSA) is 13.1 Å². The predicted octanol–water partition coefficient (Wildman–Crippen LogP) is 7.06. The number of rotatable bonds is 2. The minimum Gasteiger partial charge on any atom is -0.455 e. The molecule has 3 aromatic carbocycles. The third kappa shape index (κ3) is 2.87. The first-order valence-corrected chi connectivity index (χ1v) is 8.72. The minimum absolute atomic E-state index is 0.104. The van der Waals surface area contributed by atoms with E-state index in [0.717, 1.165) is 16.9 Å². The van der Waals surface area contributed by atoms with Crippen LogP contribution < -0.4 is 0 Å². The molecule has 0 saturated carbocycles. The van der Waals surface area contributed by atoms with Gasteiger partial charge in [-0.1, -0.05) is 87.5 Å². The Labute approximate surface area is 148 Å². The fourth-order valence-electron chi connectivity index (χ4n) is 3.25. The molecule has 1 heterocycles. The highest BCUT2D eigenvalue weighted by atomic mass is 16.3. The van der Waals surface area contributed by atoms with Gasteiger partial charge in [0.2, 0.25) is 0 Å². The van der Waals surface area contributed by atoms with Crippen molar-refractivity contribution in [1.29, 1.82) is 0 Å². The molecular formula is C24H22O. The van der Waals surface area contributed by atoms with Crippen molar-refractivity contribution in [2.24, 2.45) is 0 Å². The molecule has 0 N–H and O–H groups in total. The lowest BCUT2D eigenvalue weighted by Gasteiger charge is -2.18. The van der Waals surface area contributed by atoms with Gasteiger partial charge in [0.15, 0.2) is 0 Å². The first-order valence-electron chi connectivity index (χ1n) is 8.72. The van der Waals surface area contributed by atoms with Crippen LogP contribution in [0.5, 0.6) is 0 Å². The summed E-state index contributed by atoms with van der Waals surface area (Å²) in [6, 6.07) is 27.4. The van der Waals surface area contributed by atoms with Crippen LogP contribution in [0.15, 0.2) is 83.3 Å². The van der Waals surface area contributed by atoms with Crippen LogP contribution in [0.4, 0.5) is 0 Å². The number of hydrogen-bond donors (Lipinski definition) is 0. The molecular weight excluding hydrogens is 304 g/mol. The van der Waals surface area contributed by atoms with E-state index in [9.17, 15) is 0 Å². The van der Waals surface area contributed by atoms with Crippen molar-refractivity contribution in [3.63, 3.8) is 0 Å². The Kier molecular flexibility index (Phi) is 3.73. The molecule has 0 aliphatic carbocycles. The third-order valence-corrected chi connectivity index (χ3v) is 4.65. The van der Waals surface area contributed by atoms with Crippen LogP contribution in [0.3, 0.4) is 0 Å². The van der Waals surface area contributed by atoms with E-state index >= 15 is 0 Å². The van der Waals surface area contributed by atoms with Gasteiger partial charge in [0.1, 0.15) is 11.3 Å². The molecule has 0 radical (unpaired) electrons. The Bertz CT molecular complexity index is 1000. The lowest BCUT2D eigenvalue weighted by molar-refractivity contribution is 0.590. The summed E-state index contributed by atoms with van der Waals surface area (Å²) < 4.78 is 6.31. The zero-order valence-electron chi connectivity index (χ0n) is 14.9. The summed E-state index contributed by atoms with van der Waals surface area (Å²) in [5, 5.41) is 1.18. The number of furan rings is 1. The molecule has 0 atom stereocenters. The second kappa shape index (κ2) is 5.93. The van der Waals surface area contributed by atoms with E-state index in [2.05, 4.69) is 93.6 Å². The summed E-state index contributed by atoms with van der Waals surface area (Å²) in [4.78, 5) is 0. The number of hydrogen-bond acceptors (Lipinski definition) is 1. The van der Waals surface area contributed by atoms with Gasteiger partial charge >= 0.3 is 0 Å². The molecule has 1 aromatic heterocycles. The third-order valence-electron chi connectivity index (χ3n) is 4.65. The molecule has 0 aliphatic rings. The molecule has 124 valence electrons. The fraction of sp³-hybridized carbons (Fsp3) is 0.167. The average Bonchev–Trinajstić information content (AvgIpc) is 3.01. The summed E-state index contributed by atoms with van der Waals surface area (Å²) in [6.45, 7) is 6.73. The Morgan fingerprint density at radius 3 is 1.88 bits per heavy atom. The van der Waals surface area contributed by atoms with Crippen molar-refractivity contribution in [3.8, 4) is 22.5 Å². The van der Waals surface area contributed by atoms with E-state index in [4.69, 9.17) is 4.42 Å². The van der Waals surface area contributed by atoms with Crippen molar-refractivity contribution in [2.75, 3.05) is 0 Å². The van der Waals surface area contributed by atoms with E-state index < -0.39 is 0 Å². The standard InChI is InChI=1S/C24H22O/c1-24(2,3)19-14-15-21-20(16-19)22(17-10-6-4-7-11-17)23(25-21)18-12-8-5-9-13-18/h4-16H,1-3H3. The zero-order valence-corrected chi connectivity index (χ0v) is 14.9. The van der Waals surface area contributed by atoms with Gasteiger partial charge in [0.25, 0.3) is 0 Å². The maximum Gasteiger partial charge on any atom is 0.143 e. The zero-order chi connectivity index (χ0) is 17.4. The van der Waals surface area contributed by atoms with E-state index in [1.165, 1.54) is 22.1 Å². The van der Waals surface area contributed by atoms with Gasteiger partial charge in [-0.05, 0) is 28.7 Å². The molecule has 0 fully saturated rings. The summed E-state index contributed by atoms with van der Waals surface area (Å²) in [5.41, 5.74) is 5.82. The SMILES string of the molecule is CC(C)(C)c1ccc2oc(-c3ccccc3)c(-c3ccccc3)c2c1. The Morgan fingerprint density at radius 2 is 1.28 bits per heavy atom. The van der Waals surface area contributed by atoms with E-state index in [-0.39, 0.29) is 5.41 Å². The van der Waals surface area contributed by atoms with Crippen LogP contribution >= 0.6 is 0 Å². The molecule has 0 spiro atoms. The number of fused-ring (bicyclic) bond motifs is 1. The molecule has 1 heteroatoms. The molecule has 1 nitrogen and oxygen atoms in total. The van der Waals surface area contributed by atoms with Gasteiger partial charge in [0, 0.05) is 16.5 Å².